The van der Waals surface area contributed by atoms with Crippen molar-refractivity contribution in [2.75, 3.05) is 0 Å². The summed E-state index contributed by atoms with van der Waals surface area (Å²) in [7, 11) is 0. The van der Waals surface area contributed by atoms with Gasteiger partial charge in [0.25, 0.3) is 0 Å². The van der Waals surface area contributed by atoms with Crippen LogP contribution in [0.15, 0.2) is 61.4 Å². The van der Waals surface area contributed by atoms with E-state index in [1.54, 1.807) is 0 Å². The molecule has 0 spiro atoms. The first kappa shape index (κ1) is 15.2. The van der Waals surface area contributed by atoms with Crippen molar-refractivity contribution in [3.63, 3.8) is 0 Å². The predicted octanol–water partition coefficient (Wildman–Crippen LogP) is 5.54. The zero-order valence-corrected chi connectivity index (χ0v) is 12.8. The fraction of sp³-hybridized carbons (Fsp3) is 0.250. The molecule has 1 aromatic heterocycles. The number of aryl methyl sites for hydroxylation is 1. The molecule has 108 valence electrons. The number of hydrogen-bond donors (Lipinski definition) is 0. The standard InChI is InChI=1S/C20H23N/c1-3-4-5-7-18-11-13-20(14-12-18)17(2)9-10-19-8-6-15-21-16-19/h5-8,11-16H,2-4,9-10H2,1H3/b7-5+. The predicted molar refractivity (Wildman–Crippen MR) is 92.0 cm³/mol. The molecule has 2 rings (SSSR count). The Kier molecular flexibility index (Phi) is 5.96. The zero-order valence-electron chi connectivity index (χ0n) is 12.8. The number of nitrogens with zero attached hydrogens (tertiary/aromatic N) is 1. The van der Waals surface area contributed by atoms with Gasteiger partial charge in [-0.2, -0.15) is 0 Å². The lowest BCUT2D eigenvalue weighted by molar-refractivity contribution is 0.962. The van der Waals surface area contributed by atoms with E-state index in [1.165, 1.54) is 28.7 Å². The number of benzene rings is 1. The molecule has 1 heteroatoms. The number of pyridine rings is 1. The second-order valence-corrected chi connectivity index (χ2v) is 5.28. The van der Waals surface area contributed by atoms with Gasteiger partial charge in [-0.3, -0.25) is 4.98 Å². The van der Waals surface area contributed by atoms with E-state index in [9.17, 15) is 0 Å². The highest BCUT2D eigenvalue weighted by molar-refractivity contribution is 5.65. The first-order valence-corrected chi connectivity index (χ1v) is 7.63. The highest BCUT2D eigenvalue weighted by Gasteiger charge is 2.00. The third-order valence-electron chi connectivity index (χ3n) is 3.52. The molecule has 1 nitrogen and oxygen atoms in total. The summed E-state index contributed by atoms with van der Waals surface area (Å²) in [5.41, 5.74) is 4.93. The van der Waals surface area contributed by atoms with Gasteiger partial charge in [-0.1, -0.05) is 62.4 Å². The van der Waals surface area contributed by atoms with Crippen LogP contribution in [-0.4, -0.2) is 4.98 Å². The van der Waals surface area contributed by atoms with Gasteiger partial charge < -0.3 is 0 Å². The third-order valence-corrected chi connectivity index (χ3v) is 3.52. The molecule has 0 bridgehead atoms. The molecule has 0 aliphatic rings. The van der Waals surface area contributed by atoms with Gasteiger partial charge in [0.05, 0.1) is 0 Å². The Morgan fingerprint density at radius 2 is 2.00 bits per heavy atom. The summed E-state index contributed by atoms with van der Waals surface area (Å²) in [6, 6.07) is 12.7. The van der Waals surface area contributed by atoms with Gasteiger partial charge in [0.1, 0.15) is 0 Å². The van der Waals surface area contributed by atoms with E-state index in [-0.39, 0.29) is 0 Å². The van der Waals surface area contributed by atoms with Crippen LogP contribution < -0.4 is 0 Å². The van der Waals surface area contributed by atoms with Crippen LogP contribution in [0.5, 0.6) is 0 Å². The Bertz CT molecular complexity index is 579. The minimum Gasteiger partial charge on any atom is -0.264 e. The van der Waals surface area contributed by atoms with E-state index in [1.807, 2.05) is 18.5 Å². The summed E-state index contributed by atoms with van der Waals surface area (Å²) in [5, 5.41) is 0. The Morgan fingerprint density at radius 3 is 2.67 bits per heavy atom. The van der Waals surface area contributed by atoms with Crippen LogP contribution >= 0.6 is 0 Å². The molecule has 0 saturated heterocycles. The molecule has 0 aliphatic heterocycles. The maximum Gasteiger partial charge on any atom is 0.0299 e. The quantitative estimate of drug-likeness (QED) is 0.647. The fourth-order valence-electron chi connectivity index (χ4n) is 2.20. The summed E-state index contributed by atoms with van der Waals surface area (Å²) in [6.45, 7) is 6.40. The van der Waals surface area contributed by atoms with Crippen LogP contribution in [0.1, 0.15) is 42.9 Å². The molecule has 0 radical (unpaired) electrons. The maximum atomic E-state index is 4.21. The van der Waals surface area contributed by atoms with E-state index in [0.717, 1.165) is 19.3 Å². The Morgan fingerprint density at radius 1 is 1.19 bits per heavy atom. The van der Waals surface area contributed by atoms with Crippen LogP contribution in [0.4, 0.5) is 0 Å². The summed E-state index contributed by atoms with van der Waals surface area (Å²) < 4.78 is 0. The molecule has 1 heterocycles. The number of hydrogen-bond acceptors (Lipinski definition) is 1. The Balaban J connectivity index is 1.90. The topological polar surface area (TPSA) is 12.9 Å². The van der Waals surface area contributed by atoms with Crippen LogP contribution in [0.2, 0.25) is 0 Å². The molecule has 2 aromatic rings. The second kappa shape index (κ2) is 8.21. The summed E-state index contributed by atoms with van der Waals surface area (Å²) in [6.07, 6.45) is 12.4. The second-order valence-electron chi connectivity index (χ2n) is 5.28. The fourth-order valence-corrected chi connectivity index (χ4v) is 2.20. The van der Waals surface area contributed by atoms with Crippen LogP contribution in [0, 0.1) is 0 Å². The minimum atomic E-state index is 0.969. The zero-order chi connectivity index (χ0) is 14.9. The lowest BCUT2D eigenvalue weighted by Gasteiger charge is -2.06. The van der Waals surface area contributed by atoms with Gasteiger partial charge in [0, 0.05) is 12.4 Å². The van der Waals surface area contributed by atoms with Gasteiger partial charge in [0.2, 0.25) is 0 Å². The largest absolute Gasteiger partial charge is 0.264 e. The Labute approximate surface area is 128 Å². The average molecular weight is 277 g/mol. The minimum absolute atomic E-state index is 0.969. The SMILES string of the molecule is C=C(CCc1cccnc1)c1ccc(/C=C/CCC)cc1. The Hall–Kier alpha value is -2.15. The maximum absolute atomic E-state index is 4.21. The van der Waals surface area contributed by atoms with Crippen LogP contribution in [0.3, 0.4) is 0 Å². The number of rotatable bonds is 7. The monoisotopic (exact) mass is 277 g/mol. The van der Waals surface area contributed by atoms with Crippen molar-refractivity contribution in [1.29, 1.82) is 0 Å². The van der Waals surface area contributed by atoms with E-state index in [0.29, 0.717) is 0 Å². The third kappa shape index (κ3) is 5.03. The lowest BCUT2D eigenvalue weighted by atomic mass is 9.99. The molecule has 0 atom stereocenters. The van der Waals surface area contributed by atoms with E-state index < -0.39 is 0 Å². The van der Waals surface area contributed by atoms with Crippen molar-refractivity contribution in [2.24, 2.45) is 0 Å². The molecular formula is C20H23N. The molecule has 0 unspecified atom stereocenters. The van der Waals surface area contributed by atoms with Crippen molar-refractivity contribution < 1.29 is 0 Å². The summed E-state index contributed by atoms with van der Waals surface area (Å²) >= 11 is 0. The van der Waals surface area contributed by atoms with E-state index in [2.05, 4.69) is 61.0 Å². The van der Waals surface area contributed by atoms with Crippen LogP contribution in [0.25, 0.3) is 11.6 Å². The van der Waals surface area contributed by atoms with Gasteiger partial charge in [-0.25, -0.2) is 0 Å². The highest BCUT2D eigenvalue weighted by Crippen LogP contribution is 2.19. The first-order chi connectivity index (χ1) is 10.3. The molecule has 21 heavy (non-hydrogen) atoms. The number of aromatic nitrogens is 1. The van der Waals surface area contributed by atoms with Crippen LogP contribution in [-0.2, 0) is 6.42 Å². The molecule has 1 aromatic carbocycles. The average Bonchev–Trinajstić information content (AvgIpc) is 2.54. The smallest absolute Gasteiger partial charge is 0.0299 e. The van der Waals surface area contributed by atoms with Gasteiger partial charge in [0.15, 0.2) is 0 Å². The molecule has 0 aliphatic carbocycles. The summed E-state index contributed by atoms with van der Waals surface area (Å²) in [4.78, 5) is 4.15. The van der Waals surface area contributed by atoms with Crippen molar-refractivity contribution in [2.45, 2.75) is 32.6 Å². The van der Waals surface area contributed by atoms with Crippen molar-refractivity contribution in [1.82, 2.24) is 4.98 Å². The molecule has 0 saturated carbocycles. The molecular weight excluding hydrogens is 254 g/mol. The van der Waals surface area contributed by atoms with Gasteiger partial charge in [-0.05, 0) is 47.6 Å². The van der Waals surface area contributed by atoms with E-state index >= 15 is 0 Å². The number of unbranched alkanes of at least 4 members (excludes halogenated alkanes) is 1. The van der Waals surface area contributed by atoms with Crippen molar-refractivity contribution >= 4 is 11.6 Å². The van der Waals surface area contributed by atoms with E-state index in [4.69, 9.17) is 0 Å². The first-order valence-electron chi connectivity index (χ1n) is 7.63. The highest BCUT2D eigenvalue weighted by atomic mass is 14.6. The number of allylic oxidation sites excluding steroid dienone is 2. The molecule has 0 amide bonds. The summed E-state index contributed by atoms with van der Waals surface area (Å²) in [5.74, 6) is 0. The normalized spacial score (nSPS) is 10.9. The lowest BCUT2D eigenvalue weighted by Crippen LogP contribution is -1.89. The van der Waals surface area contributed by atoms with Crippen molar-refractivity contribution in [3.05, 3.63) is 78.1 Å². The van der Waals surface area contributed by atoms with Gasteiger partial charge in [-0.15, -0.1) is 0 Å². The molecule has 0 fully saturated rings. The molecule has 0 N–H and O–H groups in total. The van der Waals surface area contributed by atoms with Crippen molar-refractivity contribution in [3.8, 4) is 0 Å². The van der Waals surface area contributed by atoms with Gasteiger partial charge >= 0.3 is 0 Å².